The predicted molar refractivity (Wildman–Crippen MR) is 70.8 cm³/mol. The van der Waals surface area contributed by atoms with Crippen molar-refractivity contribution in [2.75, 3.05) is 0 Å². The van der Waals surface area contributed by atoms with Crippen molar-refractivity contribution >= 4 is 0 Å². The van der Waals surface area contributed by atoms with Crippen molar-refractivity contribution in [2.24, 2.45) is 0 Å². The molecule has 1 unspecified atom stereocenters. The molecule has 18 heavy (non-hydrogen) atoms. The number of phenolic OH excluding ortho intramolecular Hbond substituents is 1. The van der Waals surface area contributed by atoms with Crippen LogP contribution in [0.5, 0.6) is 5.75 Å². The lowest BCUT2D eigenvalue weighted by molar-refractivity contribution is 0.471. The molecule has 0 bridgehead atoms. The smallest absolute Gasteiger partial charge is 0.115 e. The molecule has 1 atom stereocenters. The van der Waals surface area contributed by atoms with Gasteiger partial charge in [0.05, 0.1) is 6.33 Å². The average Bonchev–Trinajstić information content (AvgIpc) is 2.87. The van der Waals surface area contributed by atoms with Gasteiger partial charge in [-0.05, 0) is 47.4 Å². The predicted octanol–water partition coefficient (Wildman–Crippen LogP) is 3.12. The van der Waals surface area contributed by atoms with Crippen molar-refractivity contribution in [1.29, 1.82) is 0 Å². The van der Waals surface area contributed by atoms with Gasteiger partial charge in [-0.3, -0.25) is 0 Å². The van der Waals surface area contributed by atoms with E-state index in [9.17, 15) is 5.11 Å². The van der Waals surface area contributed by atoms with Gasteiger partial charge in [0.15, 0.2) is 0 Å². The van der Waals surface area contributed by atoms with E-state index in [0.717, 1.165) is 18.5 Å². The van der Waals surface area contributed by atoms with Crippen LogP contribution in [-0.2, 0) is 11.8 Å². The van der Waals surface area contributed by atoms with Crippen LogP contribution in [-0.4, -0.2) is 15.1 Å². The van der Waals surface area contributed by atoms with Crippen molar-refractivity contribution in [3.63, 3.8) is 0 Å². The first-order chi connectivity index (χ1) is 8.56. The lowest BCUT2D eigenvalue weighted by Crippen LogP contribution is -2.12. The number of nitrogens with zero attached hydrogens (tertiary/aromatic N) is 1. The molecule has 94 valence electrons. The van der Waals surface area contributed by atoms with E-state index in [2.05, 4.69) is 29.9 Å². The third-order valence-corrected chi connectivity index (χ3v) is 3.98. The van der Waals surface area contributed by atoms with Gasteiger partial charge in [0.25, 0.3) is 0 Å². The third kappa shape index (κ3) is 1.80. The second-order valence-electron chi connectivity index (χ2n) is 5.84. The number of H-pyrrole nitrogens is 1. The van der Waals surface area contributed by atoms with Gasteiger partial charge < -0.3 is 10.1 Å². The van der Waals surface area contributed by atoms with Crippen LogP contribution in [0, 0.1) is 0 Å². The molecular formula is C15H18N2O. The molecule has 0 saturated heterocycles. The summed E-state index contributed by atoms with van der Waals surface area (Å²) in [5, 5.41) is 9.69. The molecule has 2 aromatic rings. The van der Waals surface area contributed by atoms with Gasteiger partial charge in [-0.2, -0.15) is 0 Å². The zero-order valence-corrected chi connectivity index (χ0v) is 10.8. The molecule has 1 aliphatic rings. The van der Waals surface area contributed by atoms with Gasteiger partial charge in [-0.25, -0.2) is 4.98 Å². The molecule has 3 rings (SSSR count). The summed E-state index contributed by atoms with van der Waals surface area (Å²) in [7, 11) is 0. The number of fused-ring (bicyclic) bond motifs is 1. The molecule has 3 nitrogen and oxygen atoms in total. The van der Waals surface area contributed by atoms with Crippen LogP contribution in [0.4, 0.5) is 0 Å². The Hall–Kier alpha value is -1.77. The summed E-state index contributed by atoms with van der Waals surface area (Å²) in [6.07, 6.45) is 5.68. The van der Waals surface area contributed by atoms with Gasteiger partial charge in [0.2, 0.25) is 0 Å². The molecule has 3 heteroatoms. The topological polar surface area (TPSA) is 48.9 Å². The van der Waals surface area contributed by atoms with E-state index >= 15 is 0 Å². The number of benzene rings is 1. The van der Waals surface area contributed by atoms with Crippen LogP contribution in [0.15, 0.2) is 30.7 Å². The molecule has 1 heterocycles. The van der Waals surface area contributed by atoms with Crippen LogP contribution in [0.25, 0.3) is 0 Å². The highest BCUT2D eigenvalue weighted by molar-refractivity contribution is 5.46. The van der Waals surface area contributed by atoms with Crippen LogP contribution >= 0.6 is 0 Å². The fraction of sp³-hybridized carbons (Fsp3) is 0.400. The highest BCUT2D eigenvalue weighted by Gasteiger charge is 2.36. The Bertz CT molecular complexity index is 558. The van der Waals surface area contributed by atoms with E-state index in [0.29, 0.717) is 11.7 Å². The minimum absolute atomic E-state index is 0.188. The number of hydrogen-bond donors (Lipinski definition) is 2. The molecule has 2 N–H and O–H groups in total. The minimum Gasteiger partial charge on any atom is -0.508 e. The summed E-state index contributed by atoms with van der Waals surface area (Å²) in [5.74, 6) is 0.823. The number of rotatable bonds is 2. The molecule has 0 radical (unpaired) electrons. The second-order valence-corrected chi connectivity index (χ2v) is 5.84. The maximum absolute atomic E-state index is 9.69. The number of aromatic hydroxyl groups is 1. The molecular weight excluding hydrogens is 224 g/mol. The maximum atomic E-state index is 9.69. The van der Waals surface area contributed by atoms with E-state index in [1.165, 1.54) is 11.1 Å². The zero-order valence-electron chi connectivity index (χ0n) is 10.8. The summed E-state index contributed by atoms with van der Waals surface area (Å²) >= 11 is 0. The quantitative estimate of drug-likeness (QED) is 0.850. The van der Waals surface area contributed by atoms with E-state index < -0.39 is 0 Å². The lowest BCUT2D eigenvalue weighted by atomic mass is 9.85. The first kappa shape index (κ1) is 11.3. The molecule has 1 aromatic heterocycles. The first-order valence-corrected chi connectivity index (χ1v) is 6.37. The Morgan fingerprint density at radius 2 is 2.28 bits per heavy atom. The van der Waals surface area contributed by atoms with E-state index in [1.807, 2.05) is 12.3 Å². The number of phenols is 1. The Labute approximate surface area is 107 Å². The molecule has 0 amide bonds. The molecule has 0 saturated carbocycles. The normalized spacial score (nSPS) is 20.9. The van der Waals surface area contributed by atoms with Crippen LogP contribution in [0.1, 0.15) is 43.0 Å². The number of aromatic amines is 1. The fourth-order valence-electron chi connectivity index (χ4n) is 3.18. The van der Waals surface area contributed by atoms with Crippen molar-refractivity contribution in [2.45, 2.75) is 38.0 Å². The number of imidazole rings is 1. The van der Waals surface area contributed by atoms with Gasteiger partial charge >= 0.3 is 0 Å². The van der Waals surface area contributed by atoms with Gasteiger partial charge in [-0.15, -0.1) is 0 Å². The maximum Gasteiger partial charge on any atom is 0.115 e. The fourth-order valence-corrected chi connectivity index (χ4v) is 3.18. The van der Waals surface area contributed by atoms with Crippen LogP contribution in [0.2, 0.25) is 0 Å². The van der Waals surface area contributed by atoms with Crippen molar-refractivity contribution in [1.82, 2.24) is 9.97 Å². The van der Waals surface area contributed by atoms with Gasteiger partial charge in [0.1, 0.15) is 5.75 Å². The average molecular weight is 242 g/mol. The first-order valence-electron chi connectivity index (χ1n) is 6.37. The molecule has 0 fully saturated rings. The number of hydrogen-bond acceptors (Lipinski definition) is 2. The number of aromatic nitrogens is 2. The van der Waals surface area contributed by atoms with Crippen molar-refractivity contribution in [3.8, 4) is 5.75 Å². The summed E-state index contributed by atoms with van der Waals surface area (Å²) in [6.45, 7) is 4.55. The Morgan fingerprint density at radius 3 is 3.00 bits per heavy atom. The molecule has 1 aliphatic carbocycles. The lowest BCUT2D eigenvalue weighted by Gasteiger charge is -2.19. The Morgan fingerprint density at radius 1 is 1.44 bits per heavy atom. The highest BCUT2D eigenvalue weighted by atomic mass is 16.3. The standard InChI is InChI=1S/C15H18N2O/c1-15(2)7-10(5-11-8-16-9-17-11)13-6-12(18)3-4-14(13)15/h3-4,6,8-10,18H,5,7H2,1-2H3,(H,16,17). The molecule has 0 aliphatic heterocycles. The Balaban J connectivity index is 1.98. The highest BCUT2D eigenvalue weighted by Crippen LogP contribution is 2.47. The molecule has 0 spiro atoms. The van der Waals surface area contributed by atoms with E-state index in [4.69, 9.17) is 0 Å². The summed E-state index contributed by atoms with van der Waals surface area (Å²) < 4.78 is 0. The second kappa shape index (κ2) is 3.87. The summed E-state index contributed by atoms with van der Waals surface area (Å²) in [5.41, 5.74) is 4.00. The van der Waals surface area contributed by atoms with Gasteiger partial charge in [-0.1, -0.05) is 19.9 Å². The van der Waals surface area contributed by atoms with Crippen molar-refractivity contribution in [3.05, 3.63) is 47.5 Å². The Kier molecular flexibility index (Phi) is 2.44. The van der Waals surface area contributed by atoms with Crippen LogP contribution < -0.4 is 0 Å². The van der Waals surface area contributed by atoms with Crippen LogP contribution in [0.3, 0.4) is 0 Å². The summed E-state index contributed by atoms with van der Waals surface area (Å²) in [6, 6.07) is 5.78. The van der Waals surface area contributed by atoms with E-state index in [-0.39, 0.29) is 5.41 Å². The van der Waals surface area contributed by atoms with Gasteiger partial charge in [0, 0.05) is 11.9 Å². The third-order valence-electron chi connectivity index (χ3n) is 3.98. The number of nitrogens with one attached hydrogen (secondary N) is 1. The zero-order chi connectivity index (χ0) is 12.8. The largest absolute Gasteiger partial charge is 0.508 e. The minimum atomic E-state index is 0.188. The summed E-state index contributed by atoms with van der Waals surface area (Å²) in [4.78, 5) is 7.23. The van der Waals surface area contributed by atoms with Crippen molar-refractivity contribution < 1.29 is 5.11 Å². The molecule has 1 aromatic carbocycles. The monoisotopic (exact) mass is 242 g/mol. The van der Waals surface area contributed by atoms with E-state index in [1.54, 1.807) is 12.4 Å². The SMILES string of the molecule is CC1(C)CC(Cc2cnc[nH]2)c2cc(O)ccc21.